The molecule has 0 bridgehead atoms. The molecule has 0 unspecified atom stereocenters. The van der Waals surface area contributed by atoms with Gasteiger partial charge in [-0.2, -0.15) is 0 Å². The van der Waals surface area contributed by atoms with Gasteiger partial charge in [-0.3, -0.25) is 0 Å². The molecular weight excluding hydrogens is 304 g/mol. The van der Waals surface area contributed by atoms with Gasteiger partial charge >= 0.3 is 5.97 Å². The van der Waals surface area contributed by atoms with Gasteiger partial charge in [0.1, 0.15) is 11.6 Å². The first kappa shape index (κ1) is 15.4. The highest BCUT2D eigenvalue weighted by atomic mass is 35.5. The van der Waals surface area contributed by atoms with Crippen LogP contribution in [-0.2, 0) is 17.2 Å². The maximum atomic E-state index is 13.6. The first-order chi connectivity index (χ1) is 10.1. The average molecular weight is 316 g/mol. The molecule has 8 heteroatoms. The molecule has 2 aromatic rings. The first-order valence-electron chi connectivity index (χ1n) is 6.16. The van der Waals surface area contributed by atoms with Gasteiger partial charge in [-0.1, -0.05) is 11.3 Å². The maximum absolute atomic E-state index is 13.6. The molecule has 0 aliphatic carbocycles. The number of rotatable bonds is 5. The molecule has 0 aliphatic rings. The van der Waals surface area contributed by atoms with Crippen LogP contribution in [0.25, 0.3) is 0 Å². The monoisotopic (exact) mass is 315 g/mol. The van der Waals surface area contributed by atoms with Gasteiger partial charge in [0.05, 0.1) is 24.7 Å². The number of hydrogen-bond donors (Lipinski definition) is 0. The Morgan fingerprint density at radius 2 is 2.05 bits per heavy atom. The van der Waals surface area contributed by atoms with E-state index in [0.29, 0.717) is 0 Å². The third-order valence-electron chi connectivity index (χ3n) is 2.80. The zero-order chi connectivity index (χ0) is 15.4. The SMILES string of the molecule is CCOC(=O)c1nnn(Cc2c(F)cccc2F)c1CCl. The van der Waals surface area contributed by atoms with Crippen LogP contribution < -0.4 is 0 Å². The van der Waals surface area contributed by atoms with E-state index < -0.39 is 17.6 Å². The number of alkyl halides is 1. The Morgan fingerprint density at radius 3 is 2.62 bits per heavy atom. The van der Waals surface area contributed by atoms with Crippen molar-refractivity contribution in [3.63, 3.8) is 0 Å². The molecule has 0 fully saturated rings. The molecule has 0 aliphatic heterocycles. The zero-order valence-corrected chi connectivity index (χ0v) is 11.9. The third kappa shape index (κ3) is 3.18. The molecule has 0 N–H and O–H groups in total. The van der Waals surface area contributed by atoms with E-state index in [9.17, 15) is 13.6 Å². The smallest absolute Gasteiger partial charge is 0.360 e. The van der Waals surface area contributed by atoms with Crippen molar-refractivity contribution in [3.8, 4) is 0 Å². The molecule has 0 amide bonds. The molecule has 1 heterocycles. The van der Waals surface area contributed by atoms with Crippen LogP contribution in [0.15, 0.2) is 18.2 Å². The van der Waals surface area contributed by atoms with Crippen molar-refractivity contribution >= 4 is 17.6 Å². The highest BCUT2D eigenvalue weighted by Crippen LogP contribution is 2.17. The van der Waals surface area contributed by atoms with Crippen molar-refractivity contribution in [1.82, 2.24) is 15.0 Å². The zero-order valence-electron chi connectivity index (χ0n) is 11.1. The second-order valence-electron chi connectivity index (χ2n) is 4.10. The van der Waals surface area contributed by atoms with E-state index in [0.717, 1.165) is 12.1 Å². The lowest BCUT2D eigenvalue weighted by atomic mass is 10.2. The van der Waals surface area contributed by atoms with Crippen LogP contribution in [-0.4, -0.2) is 27.6 Å². The average Bonchev–Trinajstić information content (AvgIpc) is 2.86. The minimum atomic E-state index is -0.705. The molecule has 1 aromatic heterocycles. The molecule has 21 heavy (non-hydrogen) atoms. The van der Waals surface area contributed by atoms with Crippen LogP contribution in [0.1, 0.15) is 28.7 Å². The summed E-state index contributed by atoms with van der Waals surface area (Å²) in [6.07, 6.45) is 0. The van der Waals surface area contributed by atoms with Crippen LogP contribution in [0.4, 0.5) is 8.78 Å². The first-order valence-corrected chi connectivity index (χ1v) is 6.70. The number of aromatic nitrogens is 3. The Bertz CT molecular complexity index is 641. The fraction of sp³-hybridized carbons (Fsp3) is 0.308. The highest BCUT2D eigenvalue weighted by molar-refractivity contribution is 6.17. The van der Waals surface area contributed by atoms with E-state index in [1.165, 1.54) is 10.7 Å². The minimum Gasteiger partial charge on any atom is -0.461 e. The Hall–Kier alpha value is -2.02. The quantitative estimate of drug-likeness (QED) is 0.628. The van der Waals surface area contributed by atoms with Crippen LogP contribution in [0.5, 0.6) is 0 Å². The molecule has 0 saturated heterocycles. The number of hydrogen-bond acceptors (Lipinski definition) is 4. The predicted molar refractivity (Wildman–Crippen MR) is 71.0 cm³/mol. The number of ether oxygens (including phenoxy) is 1. The van der Waals surface area contributed by atoms with Crippen molar-refractivity contribution in [3.05, 3.63) is 46.8 Å². The lowest BCUT2D eigenvalue weighted by Gasteiger charge is -2.07. The van der Waals surface area contributed by atoms with Gasteiger partial charge in [0.2, 0.25) is 0 Å². The van der Waals surface area contributed by atoms with Gasteiger partial charge in [-0.15, -0.1) is 16.7 Å². The molecule has 112 valence electrons. The summed E-state index contributed by atoms with van der Waals surface area (Å²) in [7, 11) is 0. The van der Waals surface area contributed by atoms with Gasteiger partial charge in [0.25, 0.3) is 0 Å². The van der Waals surface area contributed by atoms with Crippen molar-refractivity contribution in [1.29, 1.82) is 0 Å². The molecular formula is C13H12ClF2N3O2. The van der Waals surface area contributed by atoms with Gasteiger partial charge in [0.15, 0.2) is 5.69 Å². The number of carbonyl (C=O) groups excluding carboxylic acids is 1. The Labute approximate surface area is 124 Å². The molecule has 5 nitrogen and oxygen atoms in total. The molecule has 0 saturated carbocycles. The second kappa shape index (κ2) is 6.62. The summed E-state index contributed by atoms with van der Waals surface area (Å²) in [5.74, 6) is -2.17. The standard InChI is InChI=1S/C13H12ClF2N3O2/c1-2-21-13(20)12-11(6-14)19(18-17-12)7-8-9(15)4-3-5-10(8)16/h3-5H,2,6-7H2,1H3. The summed E-state index contributed by atoms with van der Waals surface area (Å²) in [5, 5.41) is 7.39. The van der Waals surface area contributed by atoms with E-state index >= 15 is 0 Å². The number of nitrogens with zero attached hydrogens (tertiary/aromatic N) is 3. The Kier molecular flexibility index (Phi) is 4.85. The molecule has 0 radical (unpaired) electrons. The summed E-state index contributed by atoms with van der Waals surface area (Å²) in [4.78, 5) is 11.7. The largest absolute Gasteiger partial charge is 0.461 e. The van der Waals surface area contributed by atoms with E-state index in [2.05, 4.69) is 10.3 Å². The summed E-state index contributed by atoms with van der Waals surface area (Å²) in [5.41, 5.74) is 0.0190. The van der Waals surface area contributed by atoms with Gasteiger partial charge in [0, 0.05) is 5.56 Å². The number of halogens is 3. The van der Waals surface area contributed by atoms with Crippen LogP contribution in [0.3, 0.4) is 0 Å². The molecule has 1 aromatic carbocycles. The highest BCUT2D eigenvalue weighted by Gasteiger charge is 2.21. The van der Waals surface area contributed by atoms with Crippen LogP contribution in [0.2, 0.25) is 0 Å². The third-order valence-corrected chi connectivity index (χ3v) is 3.06. The minimum absolute atomic E-state index is 0.0522. The summed E-state index contributed by atoms with van der Waals surface area (Å²) >= 11 is 5.77. The van der Waals surface area contributed by atoms with E-state index in [1.54, 1.807) is 6.92 Å². The normalized spacial score (nSPS) is 10.7. The van der Waals surface area contributed by atoms with Crippen molar-refractivity contribution in [2.75, 3.05) is 6.61 Å². The number of benzene rings is 1. The fourth-order valence-corrected chi connectivity index (χ4v) is 2.05. The second-order valence-corrected chi connectivity index (χ2v) is 4.36. The predicted octanol–water partition coefficient (Wildman–Crippen LogP) is 2.52. The fourth-order valence-electron chi connectivity index (χ4n) is 1.78. The summed E-state index contributed by atoms with van der Waals surface area (Å²) in [6.45, 7) is 1.61. The lowest BCUT2D eigenvalue weighted by molar-refractivity contribution is 0.0518. The maximum Gasteiger partial charge on any atom is 0.360 e. The molecule has 0 atom stereocenters. The summed E-state index contributed by atoms with van der Waals surface area (Å²) < 4.78 is 33.3. The van der Waals surface area contributed by atoms with E-state index in [-0.39, 0.29) is 36.0 Å². The topological polar surface area (TPSA) is 57.0 Å². The molecule has 0 spiro atoms. The Balaban J connectivity index is 2.35. The van der Waals surface area contributed by atoms with Crippen molar-refractivity contribution in [2.45, 2.75) is 19.3 Å². The van der Waals surface area contributed by atoms with Gasteiger partial charge in [-0.05, 0) is 19.1 Å². The van der Waals surface area contributed by atoms with E-state index in [4.69, 9.17) is 16.3 Å². The van der Waals surface area contributed by atoms with E-state index in [1.807, 2.05) is 0 Å². The number of esters is 1. The van der Waals surface area contributed by atoms with Crippen LogP contribution in [0, 0.1) is 11.6 Å². The van der Waals surface area contributed by atoms with Gasteiger partial charge < -0.3 is 4.74 Å². The van der Waals surface area contributed by atoms with Crippen LogP contribution >= 0.6 is 11.6 Å². The van der Waals surface area contributed by atoms with Gasteiger partial charge in [-0.25, -0.2) is 18.3 Å². The lowest BCUT2D eigenvalue weighted by Crippen LogP contribution is -2.12. The van der Waals surface area contributed by atoms with Crippen molar-refractivity contribution < 1.29 is 18.3 Å². The van der Waals surface area contributed by atoms with Crippen molar-refractivity contribution in [2.24, 2.45) is 0 Å². The molecule has 2 rings (SSSR count). The Morgan fingerprint density at radius 1 is 1.38 bits per heavy atom. The number of carbonyl (C=O) groups is 1. The summed E-state index contributed by atoms with van der Waals surface area (Å²) in [6, 6.07) is 3.55.